The summed E-state index contributed by atoms with van der Waals surface area (Å²) in [6, 6.07) is 9.06. The first-order valence-corrected chi connectivity index (χ1v) is 8.16. The van der Waals surface area contributed by atoms with Crippen LogP contribution >= 0.6 is 0 Å². The van der Waals surface area contributed by atoms with E-state index >= 15 is 0 Å². The van der Waals surface area contributed by atoms with Crippen molar-refractivity contribution in [3.63, 3.8) is 0 Å². The second-order valence-electron chi connectivity index (χ2n) is 5.99. The standard InChI is InChI=1S/C18H21N3O3/c1-24-16-9-5-4-8-14(16)15-10-18(23)21(12-19-15)11-17(22)20-13-6-2-3-7-13/h4-5,8-10,12-13H,2-3,6-7,11H2,1H3,(H,20,22). The topological polar surface area (TPSA) is 73.2 Å². The van der Waals surface area contributed by atoms with Crippen LogP contribution < -0.4 is 15.6 Å². The largest absolute Gasteiger partial charge is 0.496 e. The third kappa shape index (κ3) is 3.64. The highest BCUT2D eigenvalue weighted by molar-refractivity contribution is 5.76. The van der Waals surface area contributed by atoms with Gasteiger partial charge in [-0.2, -0.15) is 0 Å². The summed E-state index contributed by atoms with van der Waals surface area (Å²) in [7, 11) is 1.58. The summed E-state index contributed by atoms with van der Waals surface area (Å²) in [5, 5.41) is 2.97. The highest BCUT2D eigenvalue weighted by Gasteiger charge is 2.17. The quantitative estimate of drug-likeness (QED) is 0.911. The smallest absolute Gasteiger partial charge is 0.254 e. The number of ether oxygens (including phenoxy) is 1. The number of nitrogens with one attached hydrogen (secondary N) is 1. The summed E-state index contributed by atoms with van der Waals surface area (Å²) in [6.07, 6.45) is 5.76. The van der Waals surface area contributed by atoms with Crippen molar-refractivity contribution < 1.29 is 9.53 Å². The van der Waals surface area contributed by atoms with Gasteiger partial charge in [0.1, 0.15) is 12.3 Å². The lowest BCUT2D eigenvalue weighted by molar-refractivity contribution is -0.122. The molecule has 0 radical (unpaired) electrons. The first-order valence-electron chi connectivity index (χ1n) is 8.16. The van der Waals surface area contributed by atoms with Crippen LogP contribution in [0, 0.1) is 0 Å². The van der Waals surface area contributed by atoms with Crippen LogP contribution in [-0.2, 0) is 11.3 Å². The lowest BCUT2D eigenvalue weighted by atomic mass is 10.1. The minimum Gasteiger partial charge on any atom is -0.496 e. The van der Waals surface area contributed by atoms with Crippen molar-refractivity contribution in [1.29, 1.82) is 0 Å². The van der Waals surface area contributed by atoms with E-state index in [1.807, 2.05) is 24.3 Å². The number of hydrogen-bond donors (Lipinski definition) is 1. The SMILES string of the molecule is COc1ccccc1-c1cc(=O)n(CC(=O)NC2CCCC2)cn1. The molecule has 0 unspecified atom stereocenters. The molecule has 1 N–H and O–H groups in total. The van der Waals surface area contributed by atoms with Crippen molar-refractivity contribution in [2.75, 3.05) is 7.11 Å². The number of rotatable bonds is 5. The zero-order valence-corrected chi connectivity index (χ0v) is 13.7. The molecule has 1 heterocycles. The Morgan fingerprint density at radius 3 is 2.79 bits per heavy atom. The van der Waals surface area contributed by atoms with Crippen molar-refractivity contribution >= 4 is 5.91 Å². The molecule has 1 amide bonds. The molecule has 0 bridgehead atoms. The molecule has 1 aromatic carbocycles. The van der Waals surface area contributed by atoms with E-state index in [-0.39, 0.29) is 24.1 Å². The van der Waals surface area contributed by atoms with Crippen LogP contribution in [0.15, 0.2) is 41.5 Å². The van der Waals surface area contributed by atoms with Gasteiger partial charge in [0.25, 0.3) is 5.56 Å². The summed E-state index contributed by atoms with van der Waals surface area (Å²) >= 11 is 0. The Bertz CT molecular complexity index is 779. The molecule has 24 heavy (non-hydrogen) atoms. The van der Waals surface area contributed by atoms with E-state index in [4.69, 9.17) is 4.74 Å². The predicted molar refractivity (Wildman–Crippen MR) is 90.9 cm³/mol. The van der Waals surface area contributed by atoms with Crippen LogP contribution in [-0.4, -0.2) is 28.6 Å². The monoisotopic (exact) mass is 327 g/mol. The van der Waals surface area contributed by atoms with Crippen LogP contribution in [0.3, 0.4) is 0 Å². The summed E-state index contributed by atoms with van der Waals surface area (Å²) in [6.45, 7) is -0.00542. The third-order valence-electron chi connectivity index (χ3n) is 4.30. The molecule has 1 saturated carbocycles. The Morgan fingerprint density at radius 1 is 1.33 bits per heavy atom. The van der Waals surface area contributed by atoms with E-state index in [9.17, 15) is 9.59 Å². The number of aromatic nitrogens is 2. The maximum Gasteiger partial charge on any atom is 0.254 e. The first kappa shape index (κ1) is 16.2. The van der Waals surface area contributed by atoms with E-state index in [2.05, 4.69) is 10.3 Å². The fourth-order valence-corrected chi connectivity index (χ4v) is 3.05. The van der Waals surface area contributed by atoms with Crippen LogP contribution in [0.1, 0.15) is 25.7 Å². The van der Waals surface area contributed by atoms with E-state index in [0.29, 0.717) is 11.4 Å². The van der Waals surface area contributed by atoms with Gasteiger partial charge in [-0.15, -0.1) is 0 Å². The second kappa shape index (κ2) is 7.29. The Morgan fingerprint density at radius 2 is 2.08 bits per heavy atom. The van der Waals surface area contributed by atoms with Gasteiger partial charge in [0.05, 0.1) is 19.1 Å². The van der Waals surface area contributed by atoms with Crippen molar-refractivity contribution in [2.24, 2.45) is 0 Å². The number of carbonyl (C=O) groups is 1. The molecule has 2 aromatic rings. The highest BCUT2D eigenvalue weighted by atomic mass is 16.5. The van der Waals surface area contributed by atoms with Crippen molar-refractivity contribution in [3.05, 3.63) is 47.0 Å². The van der Waals surface area contributed by atoms with Gasteiger partial charge in [-0.25, -0.2) is 4.98 Å². The number of para-hydroxylation sites is 1. The zero-order valence-electron chi connectivity index (χ0n) is 13.7. The number of carbonyl (C=O) groups excluding carboxylic acids is 1. The molecular formula is C18H21N3O3. The van der Waals surface area contributed by atoms with Crippen molar-refractivity contribution in [1.82, 2.24) is 14.9 Å². The van der Waals surface area contributed by atoms with Gasteiger partial charge < -0.3 is 10.1 Å². The number of amides is 1. The van der Waals surface area contributed by atoms with Gasteiger partial charge in [-0.3, -0.25) is 14.2 Å². The first-order chi connectivity index (χ1) is 11.7. The molecule has 1 aliphatic carbocycles. The lowest BCUT2D eigenvalue weighted by Gasteiger charge is -2.13. The van der Waals surface area contributed by atoms with Crippen LogP contribution in [0.2, 0.25) is 0 Å². The molecular weight excluding hydrogens is 306 g/mol. The number of hydrogen-bond acceptors (Lipinski definition) is 4. The zero-order chi connectivity index (χ0) is 16.9. The number of methoxy groups -OCH3 is 1. The fraction of sp³-hybridized carbons (Fsp3) is 0.389. The van der Waals surface area contributed by atoms with Crippen molar-refractivity contribution in [2.45, 2.75) is 38.3 Å². The molecule has 6 nitrogen and oxygen atoms in total. The minimum absolute atomic E-state index is 0.00542. The molecule has 6 heteroatoms. The molecule has 1 fully saturated rings. The fourth-order valence-electron chi connectivity index (χ4n) is 3.05. The number of benzene rings is 1. The van der Waals surface area contributed by atoms with Crippen LogP contribution in [0.25, 0.3) is 11.3 Å². The van der Waals surface area contributed by atoms with E-state index in [1.54, 1.807) is 7.11 Å². The maximum atomic E-state index is 12.3. The van der Waals surface area contributed by atoms with E-state index in [1.165, 1.54) is 17.0 Å². The maximum absolute atomic E-state index is 12.3. The summed E-state index contributed by atoms with van der Waals surface area (Å²) < 4.78 is 6.62. The minimum atomic E-state index is -0.257. The summed E-state index contributed by atoms with van der Waals surface area (Å²) in [5.41, 5.74) is 1.03. The third-order valence-corrected chi connectivity index (χ3v) is 4.30. The van der Waals surface area contributed by atoms with E-state index < -0.39 is 0 Å². The lowest BCUT2D eigenvalue weighted by Crippen LogP contribution is -2.37. The van der Waals surface area contributed by atoms with Gasteiger partial charge in [0, 0.05) is 17.7 Å². The molecule has 3 rings (SSSR count). The Labute approximate surface area is 140 Å². The van der Waals surface area contributed by atoms with Gasteiger partial charge in [-0.1, -0.05) is 25.0 Å². The van der Waals surface area contributed by atoms with Gasteiger partial charge >= 0.3 is 0 Å². The summed E-state index contributed by atoms with van der Waals surface area (Å²) in [4.78, 5) is 28.7. The van der Waals surface area contributed by atoms with Crippen LogP contribution in [0.5, 0.6) is 5.75 Å². The number of nitrogens with zero attached hydrogens (tertiary/aromatic N) is 2. The van der Waals surface area contributed by atoms with Crippen LogP contribution in [0.4, 0.5) is 0 Å². The van der Waals surface area contributed by atoms with Gasteiger partial charge in [-0.05, 0) is 25.0 Å². The predicted octanol–water partition coefficient (Wildman–Crippen LogP) is 1.98. The Hall–Kier alpha value is -2.63. The molecule has 0 saturated heterocycles. The normalized spacial score (nSPS) is 14.5. The molecule has 0 aliphatic heterocycles. The average molecular weight is 327 g/mol. The Balaban J connectivity index is 1.75. The molecule has 0 spiro atoms. The van der Waals surface area contributed by atoms with Gasteiger partial charge in [0.2, 0.25) is 5.91 Å². The second-order valence-corrected chi connectivity index (χ2v) is 5.99. The Kier molecular flexibility index (Phi) is 4.93. The highest BCUT2D eigenvalue weighted by Crippen LogP contribution is 2.26. The molecule has 1 aliphatic rings. The molecule has 126 valence electrons. The van der Waals surface area contributed by atoms with Crippen molar-refractivity contribution in [3.8, 4) is 17.0 Å². The molecule has 0 atom stereocenters. The molecule has 1 aromatic heterocycles. The van der Waals surface area contributed by atoms with Gasteiger partial charge in [0.15, 0.2) is 0 Å². The summed E-state index contributed by atoms with van der Waals surface area (Å²) in [5.74, 6) is 0.511. The van der Waals surface area contributed by atoms with E-state index in [0.717, 1.165) is 31.2 Å². The average Bonchev–Trinajstić information content (AvgIpc) is 3.09.